The second-order valence-electron chi connectivity index (χ2n) is 7.59. The summed E-state index contributed by atoms with van der Waals surface area (Å²) in [6, 6.07) is 15.6. The molecule has 0 saturated carbocycles. The molecule has 0 unspecified atom stereocenters. The molecule has 1 aliphatic rings. The molecule has 2 heterocycles. The van der Waals surface area contributed by atoms with E-state index in [0.717, 1.165) is 23.7 Å². The Morgan fingerprint density at radius 1 is 1.06 bits per heavy atom. The van der Waals surface area contributed by atoms with E-state index in [2.05, 4.69) is 10.2 Å². The maximum atomic E-state index is 12.5. The molecule has 8 nitrogen and oxygen atoms in total. The quantitative estimate of drug-likeness (QED) is 0.297. The average Bonchev–Trinajstić information content (AvgIpc) is 3.39. The highest BCUT2D eigenvalue weighted by Crippen LogP contribution is 2.26. The third kappa shape index (κ3) is 5.62. The van der Waals surface area contributed by atoms with Crippen molar-refractivity contribution in [1.29, 1.82) is 0 Å². The van der Waals surface area contributed by atoms with Crippen molar-refractivity contribution in [3.63, 3.8) is 0 Å². The van der Waals surface area contributed by atoms with E-state index in [-0.39, 0.29) is 22.5 Å². The third-order valence-electron chi connectivity index (χ3n) is 5.39. The lowest BCUT2D eigenvalue weighted by Gasteiger charge is -2.36. The Hall–Kier alpha value is -3.69. The molecule has 0 atom stereocenters. The van der Waals surface area contributed by atoms with Gasteiger partial charge < -0.3 is 15.1 Å². The van der Waals surface area contributed by atoms with Gasteiger partial charge in [-0.25, -0.2) is 0 Å². The van der Waals surface area contributed by atoms with Crippen molar-refractivity contribution in [2.75, 3.05) is 36.4 Å². The number of piperazine rings is 1. The summed E-state index contributed by atoms with van der Waals surface area (Å²) >= 11 is 7.26. The fourth-order valence-corrected chi connectivity index (χ4v) is 4.49. The molecule has 0 aliphatic carbocycles. The van der Waals surface area contributed by atoms with Crippen LogP contribution in [-0.4, -0.2) is 47.8 Å². The van der Waals surface area contributed by atoms with Gasteiger partial charge >= 0.3 is 0 Å². The molecule has 1 aliphatic heterocycles. The predicted molar refractivity (Wildman–Crippen MR) is 135 cm³/mol. The van der Waals surface area contributed by atoms with Crippen molar-refractivity contribution in [1.82, 2.24) is 4.90 Å². The van der Waals surface area contributed by atoms with Crippen molar-refractivity contribution in [2.24, 2.45) is 0 Å². The predicted octanol–water partition coefficient (Wildman–Crippen LogP) is 4.92. The van der Waals surface area contributed by atoms with Crippen LogP contribution in [0, 0.1) is 10.1 Å². The zero-order valence-electron chi connectivity index (χ0n) is 18.0. The van der Waals surface area contributed by atoms with Gasteiger partial charge in [0.05, 0.1) is 9.80 Å². The Balaban J connectivity index is 1.30. The maximum absolute atomic E-state index is 12.5. The Bertz CT molecular complexity index is 1220. The first-order valence-electron chi connectivity index (χ1n) is 10.5. The maximum Gasteiger partial charge on any atom is 0.288 e. The van der Waals surface area contributed by atoms with Crippen LogP contribution < -0.4 is 10.2 Å². The molecule has 10 heteroatoms. The Morgan fingerprint density at radius 3 is 2.44 bits per heavy atom. The number of nitrogens with one attached hydrogen (secondary N) is 1. The van der Waals surface area contributed by atoms with Gasteiger partial charge in [0.2, 0.25) is 5.91 Å². The monoisotopic (exact) mass is 496 g/mol. The lowest BCUT2D eigenvalue weighted by Crippen LogP contribution is -2.48. The number of nitrogens with zero attached hydrogens (tertiary/aromatic N) is 3. The van der Waals surface area contributed by atoms with Crippen LogP contribution >= 0.6 is 22.9 Å². The number of hydrogen-bond donors (Lipinski definition) is 1. The summed E-state index contributed by atoms with van der Waals surface area (Å²) in [5.41, 5.74) is 1.94. The lowest BCUT2D eigenvalue weighted by atomic mass is 10.2. The van der Waals surface area contributed by atoms with E-state index in [1.54, 1.807) is 6.07 Å². The number of nitro benzene ring substituents is 1. The minimum Gasteiger partial charge on any atom is -0.368 e. The van der Waals surface area contributed by atoms with Crippen molar-refractivity contribution < 1.29 is 14.5 Å². The van der Waals surface area contributed by atoms with E-state index in [4.69, 9.17) is 11.6 Å². The smallest absolute Gasteiger partial charge is 0.288 e. The first-order chi connectivity index (χ1) is 16.4. The molecule has 1 aromatic heterocycles. The molecule has 2 amide bonds. The van der Waals surface area contributed by atoms with Gasteiger partial charge in [-0.3, -0.25) is 19.7 Å². The number of amides is 2. The Morgan fingerprint density at radius 2 is 1.79 bits per heavy atom. The summed E-state index contributed by atoms with van der Waals surface area (Å²) in [4.78, 5) is 40.0. The molecule has 174 valence electrons. The van der Waals surface area contributed by atoms with E-state index < -0.39 is 4.92 Å². The molecule has 0 bridgehead atoms. The van der Waals surface area contributed by atoms with Gasteiger partial charge in [-0.2, -0.15) is 0 Å². The second-order valence-corrected chi connectivity index (χ2v) is 8.95. The first kappa shape index (κ1) is 23.5. The molecule has 3 aromatic rings. The summed E-state index contributed by atoms with van der Waals surface area (Å²) in [6.07, 6.45) is 2.80. The topological polar surface area (TPSA) is 95.8 Å². The van der Waals surface area contributed by atoms with Crippen LogP contribution in [-0.2, 0) is 4.79 Å². The summed E-state index contributed by atoms with van der Waals surface area (Å²) < 4.78 is 0. The standard InChI is InChI=1S/C24H21ClN4O4S/c25-20-9-3-17(16-21(20)29(32)33)4-10-23(30)26-18-5-7-19(8-6-18)27-11-13-28(14-12-27)24(31)22-2-1-15-34-22/h1-10,15-16H,11-14H2,(H,26,30)/b10-4+. The molecule has 4 rings (SSSR count). The second kappa shape index (κ2) is 10.5. The van der Waals surface area contributed by atoms with Gasteiger partial charge in [0.25, 0.3) is 11.6 Å². The summed E-state index contributed by atoms with van der Waals surface area (Å²) in [5.74, 6) is -0.278. The average molecular weight is 497 g/mol. The fraction of sp³-hybridized carbons (Fsp3) is 0.167. The minimum absolute atomic E-state index is 0.0437. The normalized spacial score (nSPS) is 13.8. The third-order valence-corrected chi connectivity index (χ3v) is 6.57. The highest BCUT2D eigenvalue weighted by atomic mass is 35.5. The molecular weight excluding hydrogens is 476 g/mol. The SMILES string of the molecule is O=C(/C=C/c1ccc(Cl)c([N+](=O)[O-])c1)Nc1ccc(N2CCN(C(=O)c3cccs3)CC2)cc1. The number of carbonyl (C=O) groups excluding carboxylic acids is 2. The fourth-order valence-electron chi connectivity index (χ4n) is 3.61. The lowest BCUT2D eigenvalue weighted by molar-refractivity contribution is -0.384. The van der Waals surface area contributed by atoms with Gasteiger partial charge in [0, 0.05) is 49.7 Å². The van der Waals surface area contributed by atoms with Crippen LogP contribution in [0.15, 0.2) is 66.1 Å². The number of nitro groups is 1. The van der Waals surface area contributed by atoms with E-state index >= 15 is 0 Å². The summed E-state index contributed by atoms with van der Waals surface area (Å²) in [6.45, 7) is 2.78. The zero-order valence-corrected chi connectivity index (χ0v) is 19.6. The highest BCUT2D eigenvalue weighted by molar-refractivity contribution is 7.12. The summed E-state index contributed by atoms with van der Waals surface area (Å²) in [7, 11) is 0. The van der Waals surface area contributed by atoms with Crippen LogP contribution in [0.3, 0.4) is 0 Å². The Kier molecular flexibility index (Phi) is 7.24. The van der Waals surface area contributed by atoms with Crippen LogP contribution in [0.4, 0.5) is 17.1 Å². The van der Waals surface area contributed by atoms with Crippen molar-refractivity contribution in [3.05, 3.63) is 91.6 Å². The van der Waals surface area contributed by atoms with E-state index in [9.17, 15) is 19.7 Å². The number of thiophene rings is 1. The number of hydrogen-bond acceptors (Lipinski definition) is 6. The molecule has 2 aromatic carbocycles. The van der Waals surface area contributed by atoms with Gasteiger partial charge in [0.15, 0.2) is 0 Å². The summed E-state index contributed by atoms with van der Waals surface area (Å²) in [5, 5.41) is 15.7. The molecular formula is C24H21ClN4O4S. The van der Waals surface area contributed by atoms with Crippen LogP contribution in [0.5, 0.6) is 0 Å². The largest absolute Gasteiger partial charge is 0.368 e. The van der Waals surface area contributed by atoms with Crippen molar-refractivity contribution in [2.45, 2.75) is 0 Å². The van der Waals surface area contributed by atoms with Gasteiger partial charge in [-0.1, -0.05) is 23.7 Å². The van der Waals surface area contributed by atoms with Gasteiger partial charge in [0.1, 0.15) is 5.02 Å². The highest BCUT2D eigenvalue weighted by Gasteiger charge is 2.22. The molecule has 1 fully saturated rings. The van der Waals surface area contributed by atoms with E-state index in [1.165, 1.54) is 35.6 Å². The molecule has 34 heavy (non-hydrogen) atoms. The van der Waals surface area contributed by atoms with Crippen molar-refractivity contribution >= 4 is 57.9 Å². The van der Waals surface area contributed by atoms with E-state index in [0.29, 0.717) is 24.3 Å². The number of anilines is 2. The van der Waals surface area contributed by atoms with Crippen LogP contribution in [0.1, 0.15) is 15.2 Å². The molecule has 0 spiro atoms. The minimum atomic E-state index is -0.567. The molecule has 1 N–H and O–H groups in total. The number of carbonyl (C=O) groups is 2. The number of halogens is 1. The molecule has 1 saturated heterocycles. The molecule has 0 radical (unpaired) electrons. The number of rotatable bonds is 6. The van der Waals surface area contributed by atoms with Crippen LogP contribution in [0.25, 0.3) is 6.08 Å². The zero-order chi connectivity index (χ0) is 24.1. The van der Waals surface area contributed by atoms with E-state index in [1.807, 2.05) is 46.7 Å². The number of benzene rings is 2. The van der Waals surface area contributed by atoms with Gasteiger partial charge in [-0.15, -0.1) is 11.3 Å². The first-order valence-corrected chi connectivity index (χ1v) is 11.8. The van der Waals surface area contributed by atoms with Crippen molar-refractivity contribution in [3.8, 4) is 0 Å². The van der Waals surface area contributed by atoms with Gasteiger partial charge in [-0.05, 0) is 53.4 Å². The Labute approximate surface area is 205 Å². The van der Waals surface area contributed by atoms with Crippen LogP contribution in [0.2, 0.25) is 5.02 Å².